The maximum atomic E-state index is 13.8. The molecule has 0 saturated heterocycles. The molecule has 0 aliphatic heterocycles. The maximum absolute atomic E-state index is 13.8. The van der Waals surface area contributed by atoms with Crippen LogP contribution in [0.15, 0.2) is 24.4 Å². The van der Waals surface area contributed by atoms with Gasteiger partial charge in [0.15, 0.2) is 0 Å². The third-order valence-corrected chi connectivity index (χ3v) is 3.86. The van der Waals surface area contributed by atoms with Crippen LogP contribution in [0, 0.1) is 11.3 Å². The number of aromatic nitrogens is 1. The SMILES string of the molecule is N#Cc1ccc2ncc(N)c(NC3CCCC3(F)F)c2c1. The molecule has 1 fully saturated rings. The van der Waals surface area contributed by atoms with Crippen LogP contribution in [0.2, 0.25) is 0 Å². The van der Waals surface area contributed by atoms with Crippen LogP contribution >= 0.6 is 0 Å². The van der Waals surface area contributed by atoms with Crippen LogP contribution in [0.1, 0.15) is 24.8 Å². The second-order valence-electron chi connectivity index (χ2n) is 5.28. The van der Waals surface area contributed by atoms with E-state index in [4.69, 9.17) is 11.0 Å². The van der Waals surface area contributed by atoms with Crippen molar-refractivity contribution < 1.29 is 8.78 Å². The Morgan fingerprint density at radius 1 is 1.43 bits per heavy atom. The minimum atomic E-state index is -2.74. The van der Waals surface area contributed by atoms with E-state index < -0.39 is 12.0 Å². The lowest BCUT2D eigenvalue weighted by molar-refractivity contribution is -0.000529. The van der Waals surface area contributed by atoms with Crippen molar-refractivity contribution in [1.82, 2.24) is 4.98 Å². The highest BCUT2D eigenvalue weighted by Gasteiger charge is 2.44. The molecule has 0 bridgehead atoms. The highest BCUT2D eigenvalue weighted by Crippen LogP contribution is 2.39. The van der Waals surface area contributed by atoms with E-state index in [1.54, 1.807) is 18.2 Å². The molecule has 0 spiro atoms. The molecule has 1 aromatic heterocycles. The van der Waals surface area contributed by atoms with Gasteiger partial charge in [0.25, 0.3) is 5.92 Å². The largest absolute Gasteiger partial charge is 0.396 e. The van der Waals surface area contributed by atoms with Crippen LogP contribution in [-0.2, 0) is 0 Å². The molecule has 6 heteroatoms. The zero-order valence-electron chi connectivity index (χ0n) is 11.2. The molecule has 1 saturated carbocycles. The Kier molecular flexibility index (Phi) is 3.13. The summed E-state index contributed by atoms with van der Waals surface area (Å²) in [5, 5.41) is 12.4. The summed E-state index contributed by atoms with van der Waals surface area (Å²) in [6.07, 6.45) is 2.21. The third-order valence-electron chi connectivity index (χ3n) is 3.86. The zero-order valence-corrected chi connectivity index (χ0v) is 11.2. The van der Waals surface area contributed by atoms with E-state index in [2.05, 4.69) is 10.3 Å². The van der Waals surface area contributed by atoms with Crippen molar-refractivity contribution in [2.45, 2.75) is 31.2 Å². The van der Waals surface area contributed by atoms with Gasteiger partial charge in [0.05, 0.1) is 40.8 Å². The van der Waals surface area contributed by atoms with Gasteiger partial charge in [-0.3, -0.25) is 4.98 Å². The zero-order chi connectivity index (χ0) is 15.0. The molecule has 1 aliphatic carbocycles. The van der Waals surface area contributed by atoms with Crippen molar-refractivity contribution in [1.29, 1.82) is 5.26 Å². The predicted molar refractivity (Wildman–Crippen MR) is 77.1 cm³/mol. The second kappa shape index (κ2) is 4.85. The Bertz CT molecular complexity index is 736. The Hall–Kier alpha value is -2.42. The third kappa shape index (κ3) is 2.35. The van der Waals surface area contributed by atoms with E-state index in [1.165, 1.54) is 6.20 Å². The summed E-state index contributed by atoms with van der Waals surface area (Å²) in [7, 11) is 0. The molecule has 4 nitrogen and oxygen atoms in total. The van der Waals surface area contributed by atoms with Crippen molar-refractivity contribution in [3.8, 4) is 6.07 Å². The molecule has 1 aliphatic rings. The number of fused-ring (bicyclic) bond motifs is 1. The van der Waals surface area contributed by atoms with Crippen molar-refractivity contribution >= 4 is 22.3 Å². The normalized spacial score (nSPS) is 20.3. The smallest absolute Gasteiger partial charge is 0.267 e. The van der Waals surface area contributed by atoms with Crippen molar-refractivity contribution in [2.24, 2.45) is 0 Å². The first kappa shape index (κ1) is 13.6. The number of alkyl halides is 2. The van der Waals surface area contributed by atoms with Gasteiger partial charge in [-0.1, -0.05) is 0 Å². The first-order chi connectivity index (χ1) is 10.0. The molecule has 108 valence electrons. The van der Waals surface area contributed by atoms with Gasteiger partial charge in [0.1, 0.15) is 0 Å². The van der Waals surface area contributed by atoms with Gasteiger partial charge < -0.3 is 11.1 Å². The number of halogens is 2. The summed E-state index contributed by atoms with van der Waals surface area (Å²) in [4.78, 5) is 4.17. The van der Waals surface area contributed by atoms with E-state index in [-0.39, 0.29) is 6.42 Å². The number of hydrogen-bond donors (Lipinski definition) is 2. The van der Waals surface area contributed by atoms with Gasteiger partial charge in [-0.2, -0.15) is 5.26 Å². The van der Waals surface area contributed by atoms with Gasteiger partial charge in [-0.15, -0.1) is 0 Å². The van der Waals surface area contributed by atoms with E-state index >= 15 is 0 Å². The van der Waals surface area contributed by atoms with E-state index in [0.29, 0.717) is 40.7 Å². The molecule has 3 N–H and O–H groups in total. The van der Waals surface area contributed by atoms with Crippen LogP contribution in [0.5, 0.6) is 0 Å². The predicted octanol–water partition coefficient (Wildman–Crippen LogP) is 3.29. The number of nitrogens with zero attached hydrogens (tertiary/aromatic N) is 2. The highest BCUT2D eigenvalue weighted by atomic mass is 19.3. The summed E-state index contributed by atoms with van der Waals surface area (Å²) < 4.78 is 27.6. The fourth-order valence-electron chi connectivity index (χ4n) is 2.72. The Balaban J connectivity index is 2.08. The molecule has 2 aromatic rings. The summed E-state index contributed by atoms with van der Waals surface area (Å²) >= 11 is 0. The molecule has 1 atom stereocenters. The van der Waals surface area contributed by atoms with Gasteiger partial charge in [-0.25, -0.2) is 8.78 Å². The average Bonchev–Trinajstić information content (AvgIpc) is 2.80. The molecule has 1 aromatic carbocycles. The van der Waals surface area contributed by atoms with E-state index in [0.717, 1.165) is 0 Å². The molecule has 1 unspecified atom stereocenters. The van der Waals surface area contributed by atoms with Crippen LogP contribution < -0.4 is 11.1 Å². The monoisotopic (exact) mass is 288 g/mol. The quantitative estimate of drug-likeness (QED) is 0.889. The number of nitrogens with one attached hydrogen (secondary N) is 1. The lowest BCUT2D eigenvalue weighted by Crippen LogP contribution is -2.34. The van der Waals surface area contributed by atoms with Crippen molar-refractivity contribution in [3.05, 3.63) is 30.0 Å². The number of pyridine rings is 1. The number of benzene rings is 1. The lowest BCUT2D eigenvalue weighted by Gasteiger charge is -2.23. The Morgan fingerprint density at radius 2 is 2.24 bits per heavy atom. The minimum absolute atomic E-state index is 0.114. The number of anilines is 2. The second-order valence-corrected chi connectivity index (χ2v) is 5.28. The molecular weight excluding hydrogens is 274 g/mol. The topological polar surface area (TPSA) is 74.7 Å². The molecule has 3 rings (SSSR count). The molecule has 0 amide bonds. The van der Waals surface area contributed by atoms with Gasteiger partial charge in [-0.05, 0) is 31.0 Å². The van der Waals surface area contributed by atoms with E-state index in [9.17, 15) is 8.78 Å². The number of nitrogen functional groups attached to an aromatic ring is 1. The summed E-state index contributed by atoms with van der Waals surface area (Å²) in [6.45, 7) is 0. The van der Waals surface area contributed by atoms with Gasteiger partial charge in [0, 0.05) is 11.8 Å². The molecule has 1 heterocycles. The fraction of sp³-hybridized carbons (Fsp3) is 0.333. The standard InChI is InChI=1S/C15H14F2N4/c16-15(17)5-1-2-13(15)21-14-10-6-9(7-18)3-4-12(10)20-8-11(14)19/h3-4,6,8,13H,1-2,5,19H2,(H,20,21). The number of nitriles is 1. The van der Waals surface area contributed by atoms with Gasteiger partial charge in [0.2, 0.25) is 0 Å². The van der Waals surface area contributed by atoms with Crippen LogP contribution in [0.3, 0.4) is 0 Å². The van der Waals surface area contributed by atoms with Crippen LogP contribution in [0.25, 0.3) is 10.9 Å². The first-order valence-electron chi connectivity index (χ1n) is 6.74. The Labute approximate surface area is 120 Å². The number of rotatable bonds is 2. The van der Waals surface area contributed by atoms with Crippen molar-refractivity contribution in [3.63, 3.8) is 0 Å². The highest BCUT2D eigenvalue weighted by molar-refractivity contribution is 5.97. The summed E-state index contributed by atoms with van der Waals surface area (Å²) in [6, 6.07) is 6.04. The maximum Gasteiger partial charge on any atom is 0.267 e. The van der Waals surface area contributed by atoms with Crippen LogP contribution in [-0.4, -0.2) is 16.9 Å². The van der Waals surface area contributed by atoms with Crippen molar-refractivity contribution in [2.75, 3.05) is 11.1 Å². The molecule has 21 heavy (non-hydrogen) atoms. The fourth-order valence-corrected chi connectivity index (χ4v) is 2.72. The average molecular weight is 288 g/mol. The van der Waals surface area contributed by atoms with Gasteiger partial charge >= 0.3 is 0 Å². The lowest BCUT2D eigenvalue weighted by atomic mass is 10.1. The minimum Gasteiger partial charge on any atom is -0.396 e. The van der Waals surface area contributed by atoms with Crippen LogP contribution in [0.4, 0.5) is 20.2 Å². The number of hydrogen-bond acceptors (Lipinski definition) is 4. The molecular formula is C15H14F2N4. The Morgan fingerprint density at radius 3 is 2.90 bits per heavy atom. The molecule has 0 radical (unpaired) electrons. The first-order valence-corrected chi connectivity index (χ1v) is 6.74. The summed E-state index contributed by atoms with van der Waals surface area (Å²) in [5.41, 5.74) is 7.69. The summed E-state index contributed by atoms with van der Waals surface area (Å²) in [5.74, 6) is -2.74. The van der Waals surface area contributed by atoms with E-state index in [1.807, 2.05) is 6.07 Å². The number of nitrogens with two attached hydrogens (primary N) is 1.